The molecule has 0 atom stereocenters. The van der Waals surface area contributed by atoms with Gasteiger partial charge >= 0.3 is 0 Å². The highest BCUT2D eigenvalue weighted by Gasteiger charge is 2.40. The lowest BCUT2D eigenvalue weighted by Gasteiger charge is -2.28. The molecule has 0 aliphatic heterocycles. The van der Waals surface area contributed by atoms with Crippen LogP contribution in [0.25, 0.3) is 28.0 Å². The monoisotopic (exact) mass is 512 g/mol. The van der Waals surface area contributed by atoms with Crippen molar-refractivity contribution in [3.63, 3.8) is 0 Å². The van der Waals surface area contributed by atoms with Gasteiger partial charge in [0.05, 0.1) is 14.2 Å². The standard InChI is InChI=1S/C36H32O3/c1-6-27-33-32(30-13-9-10-14-31(30)36(33,2)3)28-11-7-8-12-29(28)35(27)39-34(23-15-19-25(37-4)20-16-23)24-17-21-26(38-5)22-18-24/h6-22,34H,1H2,2-5H3. The number of rotatable bonds is 7. The van der Waals surface area contributed by atoms with E-state index in [-0.39, 0.29) is 11.5 Å². The molecule has 6 rings (SSSR count). The van der Waals surface area contributed by atoms with Gasteiger partial charge in [-0.05, 0) is 63.0 Å². The molecule has 0 heterocycles. The summed E-state index contributed by atoms with van der Waals surface area (Å²) in [6.07, 6.45) is 1.61. The van der Waals surface area contributed by atoms with Crippen LogP contribution >= 0.6 is 0 Å². The number of ether oxygens (including phenoxy) is 3. The van der Waals surface area contributed by atoms with Crippen LogP contribution in [-0.4, -0.2) is 14.2 Å². The van der Waals surface area contributed by atoms with Crippen molar-refractivity contribution in [1.29, 1.82) is 0 Å². The number of hydrogen-bond acceptors (Lipinski definition) is 3. The molecule has 0 saturated carbocycles. The predicted molar refractivity (Wildman–Crippen MR) is 160 cm³/mol. The van der Waals surface area contributed by atoms with Crippen molar-refractivity contribution in [2.75, 3.05) is 14.2 Å². The van der Waals surface area contributed by atoms with Crippen LogP contribution in [0.3, 0.4) is 0 Å². The Kier molecular flexibility index (Phi) is 6.15. The second-order valence-electron chi connectivity index (χ2n) is 10.5. The van der Waals surface area contributed by atoms with Crippen LogP contribution in [0, 0.1) is 0 Å². The van der Waals surface area contributed by atoms with Gasteiger partial charge in [0.25, 0.3) is 0 Å². The molecule has 194 valence electrons. The Morgan fingerprint density at radius 2 is 1.23 bits per heavy atom. The van der Waals surface area contributed by atoms with Gasteiger partial charge < -0.3 is 14.2 Å². The van der Waals surface area contributed by atoms with E-state index in [2.05, 4.69) is 93.2 Å². The molecule has 0 bridgehead atoms. The first-order valence-electron chi connectivity index (χ1n) is 13.2. The second-order valence-corrected chi connectivity index (χ2v) is 10.5. The summed E-state index contributed by atoms with van der Waals surface area (Å²) in [5, 5.41) is 2.26. The van der Waals surface area contributed by atoms with Gasteiger partial charge in [-0.15, -0.1) is 0 Å². The minimum absolute atomic E-state index is 0.201. The Labute approximate surface area is 230 Å². The van der Waals surface area contributed by atoms with Gasteiger partial charge in [-0.3, -0.25) is 0 Å². The van der Waals surface area contributed by atoms with E-state index in [0.717, 1.165) is 39.3 Å². The van der Waals surface area contributed by atoms with Gasteiger partial charge in [-0.25, -0.2) is 0 Å². The third-order valence-corrected chi connectivity index (χ3v) is 7.98. The molecule has 39 heavy (non-hydrogen) atoms. The summed E-state index contributed by atoms with van der Waals surface area (Å²) < 4.78 is 18.0. The van der Waals surface area contributed by atoms with Gasteiger partial charge in [0.15, 0.2) is 0 Å². The van der Waals surface area contributed by atoms with Crippen molar-refractivity contribution in [1.82, 2.24) is 0 Å². The average molecular weight is 513 g/mol. The Morgan fingerprint density at radius 3 is 1.79 bits per heavy atom. The van der Waals surface area contributed by atoms with Crippen LogP contribution in [0.1, 0.15) is 47.8 Å². The van der Waals surface area contributed by atoms with Crippen LogP contribution in [0.4, 0.5) is 0 Å². The minimum Gasteiger partial charge on any atom is -0.497 e. The Morgan fingerprint density at radius 1 is 0.692 bits per heavy atom. The van der Waals surface area contributed by atoms with Gasteiger partial charge in [-0.1, -0.05) is 99.3 Å². The van der Waals surface area contributed by atoms with Crippen molar-refractivity contribution < 1.29 is 14.2 Å². The van der Waals surface area contributed by atoms with Crippen molar-refractivity contribution >= 4 is 16.8 Å². The fourth-order valence-electron chi connectivity index (χ4n) is 6.06. The van der Waals surface area contributed by atoms with Crippen molar-refractivity contribution in [3.8, 4) is 28.4 Å². The van der Waals surface area contributed by atoms with Crippen molar-refractivity contribution in [3.05, 3.63) is 131 Å². The molecule has 3 nitrogen and oxygen atoms in total. The van der Waals surface area contributed by atoms with E-state index < -0.39 is 0 Å². The molecule has 0 N–H and O–H groups in total. The highest BCUT2D eigenvalue weighted by atomic mass is 16.5. The van der Waals surface area contributed by atoms with E-state index >= 15 is 0 Å². The van der Waals surface area contributed by atoms with Crippen molar-refractivity contribution in [2.24, 2.45) is 0 Å². The highest BCUT2D eigenvalue weighted by molar-refractivity contribution is 6.08. The number of benzene rings is 5. The minimum atomic E-state index is -0.353. The summed E-state index contributed by atoms with van der Waals surface area (Å²) in [6.45, 7) is 8.89. The van der Waals surface area contributed by atoms with E-state index in [1.807, 2.05) is 30.3 Å². The zero-order valence-corrected chi connectivity index (χ0v) is 22.8. The quantitative estimate of drug-likeness (QED) is 0.218. The Bertz CT molecular complexity index is 1630. The van der Waals surface area contributed by atoms with Gasteiger partial charge in [0.2, 0.25) is 0 Å². The zero-order chi connectivity index (χ0) is 27.1. The molecule has 0 saturated heterocycles. The van der Waals surface area contributed by atoms with Crippen LogP contribution in [0.5, 0.6) is 17.2 Å². The predicted octanol–water partition coefficient (Wildman–Crippen LogP) is 8.97. The summed E-state index contributed by atoms with van der Waals surface area (Å²) in [5.41, 5.74) is 8.04. The Hall–Kier alpha value is -4.50. The Balaban J connectivity index is 1.60. The third kappa shape index (κ3) is 3.97. The molecule has 5 aromatic rings. The normalized spacial score (nSPS) is 13.2. The van der Waals surface area contributed by atoms with E-state index in [1.54, 1.807) is 14.2 Å². The first-order valence-corrected chi connectivity index (χ1v) is 13.2. The molecular weight excluding hydrogens is 480 g/mol. The lowest BCUT2D eigenvalue weighted by Crippen LogP contribution is -2.18. The van der Waals surface area contributed by atoms with Crippen LogP contribution in [0.2, 0.25) is 0 Å². The van der Waals surface area contributed by atoms with E-state index in [0.29, 0.717) is 0 Å². The molecule has 0 unspecified atom stereocenters. The summed E-state index contributed by atoms with van der Waals surface area (Å²) >= 11 is 0. The molecule has 5 aromatic carbocycles. The smallest absolute Gasteiger partial charge is 0.149 e. The molecule has 0 amide bonds. The second kappa shape index (κ2) is 9.67. The summed E-state index contributed by atoms with van der Waals surface area (Å²) in [4.78, 5) is 0. The van der Waals surface area contributed by atoms with E-state index in [4.69, 9.17) is 14.2 Å². The lowest BCUT2D eigenvalue weighted by molar-refractivity contribution is 0.249. The summed E-state index contributed by atoms with van der Waals surface area (Å²) in [6, 6.07) is 33.5. The molecule has 0 aromatic heterocycles. The summed E-state index contributed by atoms with van der Waals surface area (Å²) in [5.74, 6) is 2.46. The maximum absolute atomic E-state index is 7.13. The van der Waals surface area contributed by atoms with Crippen LogP contribution in [0.15, 0.2) is 104 Å². The number of hydrogen-bond donors (Lipinski definition) is 0. The zero-order valence-electron chi connectivity index (χ0n) is 22.8. The third-order valence-electron chi connectivity index (χ3n) is 7.98. The van der Waals surface area contributed by atoms with Gasteiger partial charge in [0.1, 0.15) is 23.4 Å². The number of methoxy groups -OCH3 is 2. The van der Waals surface area contributed by atoms with Crippen LogP contribution in [-0.2, 0) is 5.41 Å². The summed E-state index contributed by atoms with van der Waals surface area (Å²) in [7, 11) is 3.36. The molecule has 1 aliphatic rings. The van der Waals surface area contributed by atoms with Crippen molar-refractivity contribution in [2.45, 2.75) is 25.4 Å². The average Bonchev–Trinajstić information content (AvgIpc) is 3.23. The SMILES string of the molecule is C=Cc1c2c(c3ccccc3c1OC(c1ccc(OC)cc1)c1ccc(OC)cc1)-c1ccccc1C2(C)C. The molecule has 1 aliphatic carbocycles. The first kappa shape index (κ1) is 24.8. The van der Waals surface area contributed by atoms with Gasteiger partial charge in [-0.2, -0.15) is 0 Å². The maximum Gasteiger partial charge on any atom is 0.149 e. The van der Waals surface area contributed by atoms with E-state index in [1.165, 1.54) is 27.6 Å². The molecule has 0 spiro atoms. The molecular formula is C36H32O3. The molecule has 0 radical (unpaired) electrons. The molecule has 0 fully saturated rings. The van der Waals surface area contributed by atoms with Gasteiger partial charge in [0, 0.05) is 16.4 Å². The fraction of sp³-hybridized carbons (Fsp3) is 0.167. The lowest BCUT2D eigenvalue weighted by atomic mass is 9.79. The first-order chi connectivity index (χ1) is 19.0. The molecule has 3 heteroatoms. The topological polar surface area (TPSA) is 27.7 Å². The van der Waals surface area contributed by atoms with E-state index in [9.17, 15) is 0 Å². The van der Waals surface area contributed by atoms with Crippen LogP contribution < -0.4 is 14.2 Å². The highest BCUT2D eigenvalue weighted by Crippen LogP contribution is 2.56. The largest absolute Gasteiger partial charge is 0.497 e. The number of fused-ring (bicyclic) bond motifs is 5. The maximum atomic E-state index is 7.13. The fourth-order valence-corrected chi connectivity index (χ4v) is 6.06.